The van der Waals surface area contributed by atoms with Gasteiger partial charge in [-0.1, -0.05) is 0 Å². The first kappa shape index (κ1) is 18.6. The summed E-state index contributed by atoms with van der Waals surface area (Å²) in [5.74, 6) is -0.650. The van der Waals surface area contributed by atoms with Gasteiger partial charge in [0.2, 0.25) is 15.9 Å². The van der Waals surface area contributed by atoms with E-state index in [0.29, 0.717) is 5.56 Å². The maximum absolute atomic E-state index is 12.6. The molecule has 4 rings (SSSR count). The molecule has 0 spiro atoms. The zero-order valence-corrected chi connectivity index (χ0v) is 16.3. The highest BCUT2D eigenvalue weighted by molar-refractivity contribution is 7.89. The lowest BCUT2D eigenvalue weighted by Gasteiger charge is -2.25. The van der Waals surface area contributed by atoms with Gasteiger partial charge < -0.3 is 10.6 Å². The molecule has 0 saturated carbocycles. The Balaban J connectivity index is 1.42. The first-order chi connectivity index (χ1) is 13.4. The summed E-state index contributed by atoms with van der Waals surface area (Å²) >= 11 is 1.51. The Labute approximate surface area is 165 Å². The number of sulfonamides is 1. The van der Waals surface area contributed by atoms with Crippen LogP contribution in [0.2, 0.25) is 0 Å². The minimum atomic E-state index is -3.77. The molecule has 9 nitrogen and oxygen atoms in total. The zero-order valence-electron chi connectivity index (χ0n) is 14.7. The summed E-state index contributed by atoms with van der Waals surface area (Å²) < 4.78 is 28.3. The van der Waals surface area contributed by atoms with Gasteiger partial charge in [0, 0.05) is 36.4 Å². The van der Waals surface area contributed by atoms with Gasteiger partial charge in [-0.2, -0.15) is 4.31 Å². The molecular formula is C17H17N5O4S2. The van der Waals surface area contributed by atoms with Gasteiger partial charge in [0.25, 0.3) is 5.91 Å². The Morgan fingerprint density at radius 2 is 2.07 bits per heavy atom. The second-order valence-corrected chi connectivity index (χ2v) is 9.03. The van der Waals surface area contributed by atoms with E-state index in [2.05, 4.69) is 15.6 Å². The number of nitrogens with one attached hydrogen (secondary N) is 2. The SMILES string of the molecule is O=C1CN(S(=O)(=O)c2ccc(C(=O)NCc3cn4ccsc4n3)cc2)CCN1. The van der Waals surface area contributed by atoms with E-state index in [0.717, 1.165) is 15.0 Å². The molecule has 0 aliphatic carbocycles. The van der Waals surface area contributed by atoms with E-state index >= 15 is 0 Å². The van der Waals surface area contributed by atoms with Crippen LogP contribution in [0.5, 0.6) is 0 Å². The van der Waals surface area contributed by atoms with Crippen molar-refractivity contribution in [1.29, 1.82) is 0 Å². The molecule has 0 atom stereocenters. The van der Waals surface area contributed by atoms with Crippen molar-refractivity contribution in [3.8, 4) is 0 Å². The fourth-order valence-electron chi connectivity index (χ4n) is 2.88. The lowest BCUT2D eigenvalue weighted by atomic mass is 10.2. The van der Waals surface area contributed by atoms with Crippen molar-refractivity contribution >= 4 is 38.1 Å². The molecule has 0 unspecified atom stereocenters. The van der Waals surface area contributed by atoms with Crippen LogP contribution in [-0.2, 0) is 21.4 Å². The van der Waals surface area contributed by atoms with Crippen LogP contribution in [-0.4, -0.2) is 53.6 Å². The molecule has 1 saturated heterocycles. The van der Waals surface area contributed by atoms with Crippen LogP contribution in [0.15, 0.2) is 46.9 Å². The molecule has 3 aromatic rings. The second-order valence-electron chi connectivity index (χ2n) is 6.22. The fraction of sp³-hybridized carbons (Fsp3) is 0.235. The van der Waals surface area contributed by atoms with Gasteiger partial charge in [0.15, 0.2) is 4.96 Å². The number of fused-ring (bicyclic) bond motifs is 1. The minimum absolute atomic E-state index is 0.0492. The van der Waals surface area contributed by atoms with Gasteiger partial charge in [-0.05, 0) is 24.3 Å². The van der Waals surface area contributed by atoms with E-state index in [1.807, 2.05) is 22.2 Å². The topological polar surface area (TPSA) is 113 Å². The van der Waals surface area contributed by atoms with Crippen molar-refractivity contribution < 1.29 is 18.0 Å². The van der Waals surface area contributed by atoms with Crippen LogP contribution in [0, 0.1) is 0 Å². The first-order valence-corrected chi connectivity index (χ1v) is 10.8. The Morgan fingerprint density at radius 3 is 2.79 bits per heavy atom. The van der Waals surface area contributed by atoms with Gasteiger partial charge in [0.05, 0.1) is 23.7 Å². The van der Waals surface area contributed by atoms with Gasteiger partial charge >= 0.3 is 0 Å². The molecule has 1 aliphatic rings. The third-order valence-electron chi connectivity index (χ3n) is 4.33. The van der Waals surface area contributed by atoms with Crippen LogP contribution in [0.1, 0.15) is 16.1 Å². The lowest BCUT2D eigenvalue weighted by Crippen LogP contribution is -2.49. The van der Waals surface area contributed by atoms with Gasteiger partial charge in [-0.25, -0.2) is 13.4 Å². The molecule has 28 heavy (non-hydrogen) atoms. The molecule has 1 fully saturated rings. The molecule has 2 amide bonds. The number of imidazole rings is 1. The summed E-state index contributed by atoms with van der Waals surface area (Å²) in [7, 11) is -3.77. The average molecular weight is 419 g/mol. The number of hydrogen-bond acceptors (Lipinski definition) is 6. The second kappa shape index (κ2) is 7.34. The maximum Gasteiger partial charge on any atom is 0.251 e. The highest BCUT2D eigenvalue weighted by Crippen LogP contribution is 2.17. The molecule has 3 heterocycles. The van der Waals surface area contributed by atoms with Crippen molar-refractivity contribution in [1.82, 2.24) is 24.3 Å². The standard InChI is InChI=1S/C17H17N5O4S2/c23-15-11-22(6-5-18-15)28(25,26)14-3-1-12(2-4-14)16(24)19-9-13-10-21-7-8-27-17(21)20-13/h1-4,7-8,10H,5-6,9,11H2,(H,18,23)(H,19,24). The van der Waals surface area contributed by atoms with E-state index in [9.17, 15) is 18.0 Å². The minimum Gasteiger partial charge on any atom is -0.354 e. The monoisotopic (exact) mass is 419 g/mol. The molecule has 2 aromatic heterocycles. The number of rotatable bonds is 5. The number of thiazole rings is 1. The Hall–Kier alpha value is -2.76. The fourth-order valence-corrected chi connectivity index (χ4v) is 5.00. The first-order valence-electron chi connectivity index (χ1n) is 8.50. The highest BCUT2D eigenvalue weighted by atomic mass is 32.2. The van der Waals surface area contributed by atoms with Crippen molar-refractivity contribution in [3.63, 3.8) is 0 Å². The van der Waals surface area contributed by atoms with E-state index in [1.54, 1.807) is 0 Å². The zero-order chi connectivity index (χ0) is 19.7. The average Bonchev–Trinajstić information content (AvgIpc) is 3.28. The Morgan fingerprint density at radius 1 is 1.29 bits per heavy atom. The third kappa shape index (κ3) is 3.63. The van der Waals surface area contributed by atoms with E-state index in [1.165, 1.54) is 35.6 Å². The predicted molar refractivity (Wildman–Crippen MR) is 102 cm³/mol. The van der Waals surface area contributed by atoms with Crippen LogP contribution >= 0.6 is 11.3 Å². The van der Waals surface area contributed by atoms with Crippen LogP contribution in [0.3, 0.4) is 0 Å². The van der Waals surface area contributed by atoms with Gasteiger partial charge in [-0.3, -0.25) is 14.0 Å². The van der Waals surface area contributed by atoms with Crippen LogP contribution in [0.25, 0.3) is 4.96 Å². The number of aromatic nitrogens is 2. The Bertz CT molecular complexity index is 1110. The van der Waals surface area contributed by atoms with E-state index in [-0.39, 0.29) is 42.9 Å². The summed E-state index contributed by atoms with van der Waals surface area (Å²) in [6.07, 6.45) is 3.74. The van der Waals surface area contributed by atoms with E-state index in [4.69, 9.17) is 0 Å². The lowest BCUT2D eigenvalue weighted by molar-refractivity contribution is -0.122. The molecule has 2 N–H and O–H groups in total. The van der Waals surface area contributed by atoms with E-state index < -0.39 is 10.0 Å². The molecule has 1 aromatic carbocycles. The van der Waals surface area contributed by atoms with Gasteiger partial charge in [0.1, 0.15) is 0 Å². The molecule has 1 aliphatic heterocycles. The predicted octanol–water partition coefficient (Wildman–Crippen LogP) is 0.446. The number of carbonyl (C=O) groups excluding carboxylic acids is 2. The highest BCUT2D eigenvalue weighted by Gasteiger charge is 2.29. The number of piperazine rings is 1. The largest absolute Gasteiger partial charge is 0.354 e. The summed E-state index contributed by atoms with van der Waals surface area (Å²) in [6.45, 7) is 0.575. The van der Waals surface area contributed by atoms with Crippen molar-refractivity contribution in [3.05, 3.63) is 53.3 Å². The van der Waals surface area contributed by atoms with Gasteiger partial charge in [-0.15, -0.1) is 11.3 Å². The molecule has 0 bridgehead atoms. The summed E-state index contributed by atoms with van der Waals surface area (Å²) in [6, 6.07) is 5.67. The summed E-state index contributed by atoms with van der Waals surface area (Å²) in [5.41, 5.74) is 1.08. The van der Waals surface area contributed by atoms with Crippen molar-refractivity contribution in [2.24, 2.45) is 0 Å². The molecule has 146 valence electrons. The number of amides is 2. The quantitative estimate of drug-likeness (QED) is 0.623. The van der Waals surface area contributed by atoms with Crippen molar-refractivity contribution in [2.75, 3.05) is 19.6 Å². The van der Waals surface area contributed by atoms with Crippen LogP contribution < -0.4 is 10.6 Å². The number of nitrogens with zero attached hydrogens (tertiary/aromatic N) is 3. The van der Waals surface area contributed by atoms with Crippen LogP contribution in [0.4, 0.5) is 0 Å². The molecule has 0 radical (unpaired) electrons. The number of hydrogen-bond donors (Lipinski definition) is 2. The maximum atomic E-state index is 12.6. The number of benzene rings is 1. The number of carbonyl (C=O) groups is 2. The summed E-state index contributed by atoms with van der Waals surface area (Å²) in [5, 5.41) is 7.29. The summed E-state index contributed by atoms with van der Waals surface area (Å²) in [4.78, 5) is 29.1. The molecular weight excluding hydrogens is 402 g/mol. The normalized spacial score (nSPS) is 15.5. The van der Waals surface area contributed by atoms with Crippen molar-refractivity contribution in [2.45, 2.75) is 11.4 Å². The molecule has 11 heteroatoms. The Kier molecular flexibility index (Phi) is 4.87. The third-order valence-corrected chi connectivity index (χ3v) is 6.96. The smallest absolute Gasteiger partial charge is 0.251 e.